The van der Waals surface area contributed by atoms with Gasteiger partial charge < -0.3 is 29.2 Å². The number of aliphatic hydroxyl groups is 1. The summed E-state index contributed by atoms with van der Waals surface area (Å²) in [4.78, 5) is 51.3. The van der Waals surface area contributed by atoms with Crippen molar-refractivity contribution in [3.63, 3.8) is 0 Å². The number of carboxylic acid groups (broad SMARTS) is 1. The SMILES string of the molecule is CC(C)C1CCC(O)(COC(=O)C2=CC3C(C(C)C)CCC4(CO4)C3C(=O)OC2)C2C(=O)OCC(C(=O)O)=CC12. The van der Waals surface area contributed by atoms with E-state index in [1.165, 1.54) is 6.08 Å². The van der Waals surface area contributed by atoms with Gasteiger partial charge >= 0.3 is 23.9 Å². The quantitative estimate of drug-likeness (QED) is 0.282. The smallest absolute Gasteiger partial charge is 0.337 e. The van der Waals surface area contributed by atoms with Crippen molar-refractivity contribution in [1.82, 2.24) is 0 Å². The van der Waals surface area contributed by atoms with Gasteiger partial charge in [-0.1, -0.05) is 39.8 Å². The van der Waals surface area contributed by atoms with Crippen LogP contribution in [0.15, 0.2) is 23.3 Å². The highest BCUT2D eigenvalue weighted by Gasteiger charge is 2.62. The van der Waals surface area contributed by atoms with Crippen LogP contribution >= 0.6 is 0 Å². The highest BCUT2D eigenvalue weighted by Crippen LogP contribution is 2.54. The van der Waals surface area contributed by atoms with Crippen molar-refractivity contribution in [2.24, 2.45) is 47.3 Å². The first kappa shape index (κ1) is 28.8. The standard InChI is InChI=1S/C30H40O10/c1-15(2)19-5-7-29(36,23-21(19)9-17(25(31)32)11-37-27(23)34)13-39-26(33)18-10-22-20(16(3)4)6-8-30(14-40-30)24(22)28(35)38-12-18/h9-10,15-16,19-24,36H,5-8,11-14H2,1-4H3,(H,31,32). The Morgan fingerprint density at radius 1 is 0.925 bits per heavy atom. The van der Waals surface area contributed by atoms with Gasteiger partial charge in [0.15, 0.2) is 0 Å². The van der Waals surface area contributed by atoms with Crippen LogP contribution in [-0.2, 0) is 38.1 Å². The molecule has 3 aliphatic heterocycles. The van der Waals surface area contributed by atoms with Gasteiger partial charge in [0.1, 0.15) is 31.0 Å². The van der Waals surface area contributed by atoms with E-state index in [-0.39, 0.29) is 66.3 Å². The Balaban J connectivity index is 1.38. The van der Waals surface area contributed by atoms with Crippen LogP contribution in [0.2, 0.25) is 0 Å². The molecule has 5 aliphatic rings. The van der Waals surface area contributed by atoms with Gasteiger partial charge in [0, 0.05) is 0 Å². The van der Waals surface area contributed by atoms with Gasteiger partial charge in [0.2, 0.25) is 0 Å². The summed E-state index contributed by atoms with van der Waals surface area (Å²) in [5.41, 5.74) is -2.09. The maximum absolute atomic E-state index is 13.4. The first-order chi connectivity index (χ1) is 18.9. The van der Waals surface area contributed by atoms with E-state index in [9.17, 15) is 29.4 Å². The number of hydrogen-bond donors (Lipinski definition) is 2. The number of ether oxygens (including phenoxy) is 4. The van der Waals surface area contributed by atoms with E-state index in [4.69, 9.17) is 18.9 Å². The maximum atomic E-state index is 13.4. The molecule has 10 heteroatoms. The number of fused-ring (bicyclic) bond motifs is 3. The van der Waals surface area contributed by atoms with Crippen molar-refractivity contribution >= 4 is 23.9 Å². The molecule has 3 heterocycles. The summed E-state index contributed by atoms with van der Waals surface area (Å²) in [5, 5.41) is 21.3. The third-order valence-corrected chi connectivity index (χ3v) is 9.97. The van der Waals surface area contributed by atoms with E-state index < -0.39 is 53.5 Å². The molecule has 0 aromatic heterocycles. The van der Waals surface area contributed by atoms with Crippen molar-refractivity contribution < 1.29 is 48.3 Å². The van der Waals surface area contributed by atoms with Crippen molar-refractivity contribution in [3.8, 4) is 0 Å². The Morgan fingerprint density at radius 2 is 1.45 bits per heavy atom. The molecular weight excluding hydrogens is 520 g/mol. The molecule has 0 amide bonds. The average Bonchev–Trinajstić information content (AvgIpc) is 3.69. The normalized spacial score (nSPS) is 39.2. The molecule has 8 unspecified atom stereocenters. The topological polar surface area (TPSA) is 149 Å². The number of allylic oxidation sites excluding steroid dienone is 2. The molecule has 40 heavy (non-hydrogen) atoms. The van der Waals surface area contributed by atoms with Gasteiger partial charge in [-0.05, 0) is 61.2 Å². The minimum Gasteiger partial charge on any atom is -0.478 e. The van der Waals surface area contributed by atoms with Crippen LogP contribution in [0.25, 0.3) is 0 Å². The summed E-state index contributed by atoms with van der Waals surface area (Å²) in [7, 11) is 0. The summed E-state index contributed by atoms with van der Waals surface area (Å²) >= 11 is 0. The van der Waals surface area contributed by atoms with Gasteiger partial charge in [0.05, 0.1) is 29.6 Å². The van der Waals surface area contributed by atoms with Gasteiger partial charge in [-0.3, -0.25) is 9.59 Å². The van der Waals surface area contributed by atoms with E-state index in [1.807, 2.05) is 13.8 Å². The molecule has 0 radical (unpaired) electrons. The number of carbonyl (C=O) groups is 4. The Morgan fingerprint density at radius 3 is 2.02 bits per heavy atom. The second-order valence-electron chi connectivity index (χ2n) is 12.9. The molecule has 0 aromatic rings. The number of aliphatic carboxylic acids is 1. The minimum atomic E-state index is -1.74. The average molecular weight is 561 g/mol. The lowest BCUT2D eigenvalue weighted by Gasteiger charge is -2.46. The fourth-order valence-electron chi connectivity index (χ4n) is 7.63. The van der Waals surface area contributed by atoms with Crippen LogP contribution in [0.1, 0.15) is 53.4 Å². The summed E-state index contributed by atoms with van der Waals surface area (Å²) in [5.74, 6) is -4.84. The van der Waals surface area contributed by atoms with Crippen LogP contribution in [0, 0.1) is 47.3 Å². The zero-order valence-electron chi connectivity index (χ0n) is 23.6. The lowest BCUT2D eigenvalue weighted by atomic mass is 9.61. The molecule has 2 aliphatic carbocycles. The molecule has 8 atom stereocenters. The Labute approximate surface area is 234 Å². The second-order valence-corrected chi connectivity index (χ2v) is 12.9. The largest absolute Gasteiger partial charge is 0.478 e. The van der Waals surface area contributed by atoms with Crippen molar-refractivity contribution in [2.45, 2.75) is 64.6 Å². The summed E-state index contributed by atoms with van der Waals surface area (Å²) in [6.45, 7) is 7.61. The number of hydrogen-bond acceptors (Lipinski definition) is 9. The number of epoxide rings is 1. The minimum absolute atomic E-state index is 0.0303. The summed E-state index contributed by atoms with van der Waals surface area (Å²) < 4.78 is 22.2. The highest BCUT2D eigenvalue weighted by atomic mass is 16.6. The van der Waals surface area contributed by atoms with Crippen LogP contribution in [0.4, 0.5) is 0 Å². The highest BCUT2D eigenvalue weighted by molar-refractivity contribution is 5.91. The van der Waals surface area contributed by atoms with Gasteiger partial charge in [-0.2, -0.15) is 0 Å². The number of carboxylic acids is 1. The molecule has 3 fully saturated rings. The summed E-state index contributed by atoms with van der Waals surface area (Å²) in [6, 6.07) is 0. The Bertz CT molecular complexity index is 1130. The van der Waals surface area contributed by atoms with E-state index >= 15 is 0 Å². The molecule has 0 aromatic carbocycles. The number of esters is 3. The maximum Gasteiger partial charge on any atom is 0.337 e. The predicted octanol–water partition coefficient (Wildman–Crippen LogP) is 2.68. The van der Waals surface area contributed by atoms with Gasteiger partial charge in [-0.15, -0.1) is 0 Å². The molecule has 220 valence electrons. The van der Waals surface area contributed by atoms with Crippen LogP contribution in [0.5, 0.6) is 0 Å². The van der Waals surface area contributed by atoms with Crippen LogP contribution in [-0.4, -0.2) is 71.7 Å². The molecule has 0 bridgehead atoms. The molecule has 1 spiro atoms. The third-order valence-electron chi connectivity index (χ3n) is 9.97. The van der Waals surface area contributed by atoms with Gasteiger partial charge in [0.25, 0.3) is 0 Å². The van der Waals surface area contributed by atoms with Crippen LogP contribution < -0.4 is 0 Å². The first-order valence-electron chi connectivity index (χ1n) is 14.4. The molecular formula is C30H40O10. The lowest BCUT2D eigenvalue weighted by Crippen LogP contribution is -2.55. The number of carbonyl (C=O) groups excluding carboxylic acids is 3. The van der Waals surface area contributed by atoms with Crippen molar-refractivity contribution in [1.29, 1.82) is 0 Å². The van der Waals surface area contributed by atoms with E-state index in [0.29, 0.717) is 13.0 Å². The van der Waals surface area contributed by atoms with Crippen molar-refractivity contribution in [2.75, 3.05) is 26.4 Å². The molecule has 10 nitrogen and oxygen atoms in total. The zero-order chi connectivity index (χ0) is 29.0. The first-order valence-corrected chi connectivity index (χ1v) is 14.4. The van der Waals surface area contributed by atoms with Gasteiger partial charge in [-0.25, -0.2) is 9.59 Å². The number of rotatable bonds is 6. The third kappa shape index (κ3) is 5.09. The Hall–Kier alpha value is -2.72. The fraction of sp³-hybridized carbons (Fsp3) is 0.733. The Kier molecular flexibility index (Phi) is 7.63. The van der Waals surface area contributed by atoms with E-state index in [2.05, 4.69) is 13.8 Å². The summed E-state index contributed by atoms with van der Waals surface area (Å²) in [6.07, 6.45) is 5.69. The van der Waals surface area contributed by atoms with Crippen LogP contribution in [0.3, 0.4) is 0 Å². The predicted molar refractivity (Wildman–Crippen MR) is 139 cm³/mol. The fourth-order valence-corrected chi connectivity index (χ4v) is 7.63. The molecule has 5 rings (SSSR count). The molecule has 2 saturated carbocycles. The molecule has 1 saturated heterocycles. The number of cyclic esters (lactones) is 2. The van der Waals surface area contributed by atoms with E-state index in [1.54, 1.807) is 6.08 Å². The van der Waals surface area contributed by atoms with E-state index in [0.717, 1.165) is 12.8 Å². The molecule has 2 N–H and O–H groups in total. The lowest BCUT2D eigenvalue weighted by molar-refractivity contribution is -0.181. The monoisotopic (exact) mass is 560 g/mol. The van der Waals surface area contributed by atoms with Crippen molar-refractivity contribution in [3.05, 3.63) is 23.3 Å². The zero-order valence-corrected chi connectivity index (χ0v) is 23.6. The second kappa shape index (κ2) is 10.6.